The van der Waals surface area contributed by atoms with Gasteiger partial charge in [-0.05, 0) is 5.92 Å². The van der Waals surface area contributed by atoms with Gasteiger partial charge in [0.15, 0.2) is 5.92 Å². The first kappa shape index (κ1) is 18.3. The van der Waals surface area contributed by atoms with E-state index in [-0.39, 0.29) is 17.6 Å². The molecule has 0 bridgehead atoms. The molecule has 0 fully saturated rings. The fraction of sp³-hybridized carbons (Fsp3) is 0.600. The third-order valence-electron chi connectivity index (χ3n) is 3.54. The third kappa shape index (κ3) is 3.55. The Bertz CT molecular complexity index is 681. The second-order valence-electron chi connectivity index (χ2n) is 5.95. The van der Waals surface area contributed by atoms with Crippen molar-refractivity contribution < 1.29 is 23.7 Å². The van der Waals surface area contributed by atoms with Gasteiger partial charge in [0, 0.05) is 6.92 Å². The lowest BCUT2D eigenvalue weighted by Crippen LogP contribution is -2.56. The number of carbonyl (C=O) groups is 3. The fourth-order valence-electron chi connectivity index (χ4n) is 2.43. The minimum atomic E-state index is -0.759. The molecular weight excluding hydrogens is 332 g/mol. The van der Waals surface area contributed by atoms with Crippen molar-refractivity contribution in [2.24, 2.45) is 21.8 Å². The summed E-state index contributed by atoms with van der Waals surface area (Å²) >= 11 is 1.14. The van der Waals surface area contributed by atoms with Crippen molar-refractivity contribution in [3.8, 4) is 0 Å². The summed E-state index contributed by atoms with van der Waals surface area (Å²) in [7, 11) is 2.75. The van der Waals surface area contributed by atoms with E-state index in [9.17, 15) is 14.4 Å². The maximum absolute atomic E-state index is 12.6. The number of amidine groups is 2. The van der Waals surface area contributed by atoms with Crippen molar-refractivity contribution in [2.45, 2.75) is 20.8 Å². The topological polar surface area (TPSA) is 91.4 Å². The number of carbonyl (C=O) groups excluding carboxylic acids is 3. The molecule has 0 spiro atoms. The summed E-state index contributed by atoms with van der Waals surface area (Å²) in [5.74, 6) is -0.460. The lowest BCUT2D eigenvalue weighted by atomic mass is 10.0. The number of thioether (sulfide) groups is 1. The van der Waals surface area contributed by atoms with Crippen LogP contribution < -0.4 is 0 Å². The zero-order valence-corrected chi connectivity index (χ0v) is 15.2. The van der Waals surface area contributed by atoms with Crippen molar-refractivity contribution >= 4 is 46.4 Å². The van der Waals surface area contributed by atoms with Crippen LogP contribution in [0.15, 0.2) is 9.98 Å². The molecule has 2 aliphatic heterocycles. The van der Waals surface area contributed by atoms with E-state index in [1.165, 1.54) is 18.7 Å². The predicted molar refractivity (Wildman–Crippen MR) is 91.6 cm³/mol. The normalized spacial score (nSPS) is 20.9. The highest BCUT2D eigenvalue weighted by atomic mass is 32.2. The van der Waals surface area contributed by atoms with Gasteiger partial charge in [-0.15, -0.1) is 0 Å². The van der Waals surface area contributed by atoms with Crippen LogP contribution in [0.2, 0.25) is 0 Å². The number of methoxy groups -OCH3 is 1. The molecule has 0 N–H and O–H groups in total. The number of hydrogen-bond acceptors (Lipinski definition) is 7. The van der Waals surface area contributed by atoms with Crippen LogP contribution in [-0.4, -0.2) is 70.6 Å². The summed E-state index contributed by atoms with van der Waals surface area (Å²) < 4.78 is 6.15. The number of aliphatic imine (C=N–C) groups is 2. The van der Waals surface area contributed by atoms with Crippen LogP contribution in [-0.2, 0) is 14.3 Å². The molecule has 0 saturated carbocycles. The molecule has 2 rings (SSSR count). The Hall–Kier alpha value is -2.03. The van der Waals surface area contributed by atoms with E-state index in [0.29, 0.717) is 23.3 Å². The zero-order chi connectivity index (χ0) is 18.0. The molecule has 0 saturated heterocycles. The molecule has 2 heterocycles. The molecule has 1 unspecified atom stereocenters. The molecule has 3 amide bonds. The van der Waals surface area contributed by atoms with Gasteiger partial charge in [-0.25, -0.2) is 9.79 Å². The summed E-state index contributed by atoms with van der Waals surface area (Å²) in [5.41, 5.74) is 0. The standard InChI is InChI=1S/C15H21N4O4S/c1-8(2)6-19-12-11(14(21)18(4)15(19)22)13(17-9(3)16-12)24-7-10(20)23-5/h8,11H,6-7H2,1-5H3/q+1. The summed E-state index contributed by atoms with van der Waals surface area (Å²) in [6.45, 7) is 6.12. The second-order valence-corrected chi connectivity index (χ2v) is 6.94. The number of amides is 3. The Morgan fingerprint density at radius 3 is 2.62 bits per heavy atom. The van der Waals surface area contributed by atoms with Crippen LogP contribution in [0, 0.1) is 11.8 Å². The molecule has 0 aromatic heterocycles. The van der Waals surface area contributed by atoms with E-state index in [4.69, 9.17) is 0 Å². The number of nitrogens with zero attached hydrogens (tertiary/aromatic N) is 4. The molecular formula is C15H21N4O4S+. The molecule has 0 aromatic rings. The summed E-state index contributed by atoms with van der Waals surface area (Å²) in [4.78, 5) is 46.2. The Kier molecular flexibility index (Phi) is 5.53. The first-order valence-corrected chi connectivity index (χ1v) is 8.54. The van der Waals surface area contributed by atoms with E-state index in [2.05, 4.69) is 14.7 Å². The van der Waals surface area contributed by atoms with Crippen LogP contribution in [0.1, 0.15) is 20.8 Å². The van der Waals surface area contributed by atoms with E-state index < -0.39 is 17.9 Å². The molecule has 2 aliphatic rings. The van der Waals surface area contributed by atoms with Gasteiger partial charge in [0.2, 0.25) is 5.84 Å². The first-order valence-electron chi connectivity index (χ1n) is 7.55. The van der Waals surface area contributed by atoms with Crippen LogP contribution in [0.5, 0.6) is 0 Å². The van der Waals surface area contributed by atoms with Crippen molar-refractivity contribution in [2.75, 3.05) is 26.5 Å². The molecule has 1 atom stereocenters. The van der Waals surface area contributed by atoms with E-state index in [0.717, 1.165) is 16.7 Å². The number of esters is 1. The largest absolute Gasteiger partial charge is 0.468 e. The third-order valence-corrected chi connectivity index (χ3v) is 4.54. The average Bonchev–Trinajstić information content (AvgIpc) is 2.53. The Balaban J connectivity index is 2.46. The van der Waals surface area contributed by atoms with Crippen LogP contribution in [0.4, 0.5) is 4.79 Å². The zero-order valence-electron chi connectivity index (χ0n) is 14.4. The van der Waals surface area contributed by atoms with E-state index in [1.54, 1.807) is 6.92 Å². The highest BCUT2D eigenvalue weighted by molar-refractivity contribution is 8.14. The summed E-state index contributed by atoms with van der Waals surface area (Å²) in [5, 5.41) is 0.459. The smallest absolute Gasteiger partial charge is 0.445 e. The average molecular weight is 353 g/mol. The minimum Gasteiger partial charge on any atom is -0.468 e. The van der Waals surface area contributed by atoms with Crippen molar-refractivity contribution in [3.63, 3.8) is 0 Å². The van der Waals surface area contributed by atoms with Crippen LogP contribution in [0.3, 0.4) is 0 Å². The van der Waals surface area contributed by atoms with Crippen molar-refractivity contribution in [1.82, 2.24) is 4.90 Å². The highest BCUT2D eigenvalue weighted by Crippen LogP contribution is 2.25. The van der Waals surface area contributed by atoms with Gasteiger partial charge >= 0.3 is 17.9 Å². The second kappa shape index (κ2) is 7.25. The van der Waals surface area contributed by atoms with Gasteiger partial charge in [-0.1, -0.05) is 30.6 Å². The molecule has 9 heteroatoms. The van der Waals surface area contributed by atoms with Gasteiger partial charge in [-0.2, -0.15) is 9.48 Å². The molecule has 0 aliphatic carbocycles. The van der Waals surface area contributed by atoms with Crippen LogP contribution in [0.25, 0.3) is 0 Å². The fourth-order valence-corrected chi connectivity index (χ4v) is 3.39. The highest BCUT2D eigenvalue weighted by Gasteiger charge is 2.49. The molecule has 130 valence electrons. The number of hydrogen-bond donors (Lipinski definition) is 0. The quantitative estimate of drug-likeness (QED) is 0.555. The Morgan fingerprint density at radius 2 is 2.04 bits per heavy atom. The lowest BCUT2D eigenvalue weighted by molar-refractivity contribution is -0.447. The molecule has 24 heavy (non-hydrogen) atoms. The van der Waals surface area contributed by atoms with Crippen LogP contribution >= 0.6 is 11.8 Å². The first-order chi connectivity index (χ1) is 11.3. The monoisotopic (exact) mass is 353 g/mol. The number of rotatable bonds is 4. The SMILES string of the molecule is COC(=O)CSC1=NC(C)=NC2=[N+](CC(C)C)C(=O)N(C)C(=O)C12. The Morgan fingerprint density at radius 1 is 1.38 bits per heavy atom. The molecule has 8 nitrogen and oxygen atoms in total. The van der Waals surface area contributed by atoms with Gasteiger partial charge in [-0.3, -0.25) is 9.59 Å². The van der Waals surface area contributed by atoms with Gasteiger partial charge in [0.25, 0.3) is 5.84 Å². The lowest BCUT2D eigenvalue weighted by Gasteiger charge is -2.28. The van der Waals surface area contributed by atoms with E-state index in [1.807, 2.05) is 13.8 Å². The van der Waals surface area contributed by atoms with Gasteiger partial charge < -0.3 is 4.74 Å². The van der Waals surface area contributed by atoms with Crippen molar-refractivity contribution in [3.05, 3.63) is 0 Å². The van der Waals surface area contributed by atoms with Crippen molar-refractivity contribution in [1.29, 1.82) is 0 Å². The van der Waals surface area contributed by atoms with E-state index >= 15 is 0 Å². The summed E-state index contributed by atoms with van der Waals surface area (Å²) in [6, 6.07) is -0.393. The maximum Gasteiger partial charge on any atom is 0.445 e. The van der Waals surface area contributed by atoms with Gasteiger partial charge in [0.1, 0.15) is 5.04 Å². The Labute approximate surface area is 144 Å². The predicted octanol–water partition coefficient (Wildman–Crippen LogP) is 0.998. The number of fused-ring (bicyclic) bond motifs is 1. The number of urea groups is 1. The number of ether oxygens (including phenoxy) is 1. The minimum absolute atomic E-state index is 0.0432. The summed E-state index contributed by atoms with van der Waals surface area (Å²) in [6.07, 6.45) is 0. The molecule has 0 radical (unpaired) electrons. The number of imide groups is 1. The maximum atomic E-state index is 12.6. The molecule has 0 aromatic carbocycles. The van der Waals surface area contributed by atoms with Gasteiger partial charge in [0.05, 0.1) is 26.5 Å².